The second kappa shape index (κ2) is 7.10. The number of nitrogens with zero attached hydrogens (tertiary/aromatic N) is 1. The Hall–Kier alpha value is -0.610. The van der Waals surface area contributed by atoms with Crippen LogP contribution in [0.15, 0.2) is 0 Å². The number of β-amino-alcohol motifs (C(OH)–C–C–N with tert-alkyl or cyclic N) is 1. The van der Waals surface area contributed by atoms with E-state index in [0.29, 0.717) is 12.3 Å². The number of aliphatic hydroxyl groups is 1. The smallest absolute Gasteiger partial charge is 0.309 e. The Morgan fingerprint density at radius 1 is 1.38 bits per heavy atom. The molecule has 1 rings (SSSR count). The van der Waals surface area contributed by atoms with Crippen molar-refractivity contribution >= 4 is 5.97 Å². The lowest BCUT2D eigenvalue weighted by Gasteiger charge is -2.46. The summed E-state index contributed by atoms with van der Waals surface area (Å²) in [5.74, 6) is -0.201. The fourth-order valence-electron chi connectivity index (χ4n) is 3.81. The van der Waals surface area contributed by atoms with E-state index in [2.05, 4.69) is 18.7 Å². The average Bonchev–Trinajstić information content (AvgIpc) is 2.37. The van der Waals surface area contributed by atoms with Gasteiger partial charge in [-0.15, -0.1) is 0 Å². The van der Waals surface area contributed by atoms with Crippen LogP contribution in [-0.2, 0) is 4.79 Å². The Morgan fingerprint density at radius 3 is 2.48 bits per heavy atom. The van der Waals surface area contributed by atoms with E-state index in [1.54, 1.807) is 0 Å². The van der Waals surface area contributed by atoms with Crippen LogP contribution in [0.3, 0.4) is 0 Å². The number of carboxylic acid groups (broad SMARTS) is 1. The van der Waals surface area contributed by atoms with E-state index in [1.165, 1.54) is 0 Å². The lowest BCUT2D eigenvalue weighted by Crippen LogP contribution is -2.46. The maximum absolute atomic E-state index is 11.5. The Kier molecular flexibility index (Phi) is 6.23. The van der Waals surface area contributed by atoms with Gasteiger partial charge in [-0.3, -0.25) is 4.79 Å². The molecule has 0 aromatic heterocycles. The highest BCUT2D eigenvalue weighted by Crippen LogP contribution is 2.45. The third-order valence-electron chi connectivity index (χ3n) is 5.25. The van der Waals surface area contributed by atoms with E-state index < -0.39 is 11.4 Å². The first kappa shape index (κ1) is 18.4. The van der Waals surface area contributed by atoms with Crippen molar-refractivity contribution in [3.63, 3.8) is 0 Å². The van der Waals surface area contributed by atoms with Crippen molar-refractivity contribution < 1.29 is 15.0 Å². The molecule has 0 amide bonds. The van der Waals surface area contributed by atoms with Gasteiger partial charge in [0.15, 0.2) is 0 Å². The SMILES string of the molecule is CCC(C)(CC(C)(C)C(=O)O)C1CCCN(CC(C)O)C1. The van der Waals surface area contributed by atoms with Gasteiger partial charge in [0.2, 0.25) is 0 Å². The molecule has 0 aromatic rings. The minimum Gasteiger partial charge on any atom is -0.481 e. The van der Waals surface area contributed by atoms with Crippen LogP contribution in [0.5, 0.6) is 0 Å². The second-order valence-corrected chi connectivity index (χ2v) is 7.82. The van der Waals surface area contributed by atoms with E-state index in [1.807, 2.05) is 20.8 Å². The van der Waals surface area contributed by atoms with Crippen LogP contribution >= 0.6 is 0 Å². The number of hydrogen-bond acceptors (Lipinski definition) is 3. The van der Waals surface area contributed by atoms with Crippen molar-refractivity contribution in [3.8, 4) is 0 Å². The van der Waals surface area contributed by atoms with Crippen molar-refractivity contribution in [2.45, 2.75) is 66.4 Å². The highest BCUT2D eigenvalue weighted by atomic mass is 16.4. The van der Waals surface area contributed by atoms with Gasteiger partial charge < -0.3 is 15.1 Å². The summed E-state index contributed by atoms with van der Waals surface area (Å²) < 4.78 is 0. The van der Waals surface area contributed by atoms with Crippen molar-refractivity contribution in [3.05, 3.63) is 0 Å². The molecule has 2 N–H and O–H groups in total. The van der Waals surface area contributed by atoms with Crippen LogP contribution in [0.25, 0.3) is 0 Å². The lowest BCUT2D eigenvalue weighted by atomic mass is 9.63. The molecule has 3 atom stereocenters. The molecular weight excluding hydrogens is 266 g/mol. The van der Waals surface area contributed by atoms with Crippen LogP contribution < -0.4 is 0 Å². The van der Waals surface area contributed by atoms with Gasteiger partial charge in [-0.2, -0.15) is 0 Å². The summed E-state index contributed by atoms with van der Waals surface area (Å²) >= 11 is 0. The number of aliphatic hydroxyl groups excluding tert-OH is 1. The van der Waals surface area contributed by atoms with Gasteiger partial charge >= 0.3 is 5.97 Å². The first-order chi connectivity index (χ1) is 9.60. The normalized spacial score (nSPS) is 25.3. The van der Waals surface area contributed by atoms with E-state index >= 15 is 0 Å². The maximum Gasteiger partial charge on any atom is 0.309 e. The van der Waals surface area contributed by atoms with Gasteiger partial charge in [0.05, 0.1) is 11.5 Å². The molecule has 0 radical (unpaired) electrons. The van der Waals surface area contributed by atoms with Crippen molar-refractivity contribution in [2.75, 3.05) is 19.6 Å². The predicted molar refractivity (Wildman–Crippen MR) is 85.3 cm³/mol. The zero-order valence-corrected chi connectivity index (χ0v) is 14.4. The topological polar surface area (TPSA) is 60.8 Å². The minimum atomic E-state index is -0.709. The third kappa shape index (κ3) is 4.96. The Morgan fingerprint density at radius 2 is 2.00 bits per heavy atom. The van der Waals surface area contributed by atoms with Gasteiger partial charge in [-0.1, -0.05) is 20.3 Å². The van der Waals surface area contributed by atoms with Crippen LogP contribution in [0.2, 0.25) is 0 Å². The molecule has 1 saturated heterocycles. The van der Waals surface area contributed by atoms with Gasteiger partial charge in [0.1, 0.15) is 0 Å². The minimum absolute atomic E-state index is 0.0409. The molecule has 0 spiro atoms. The molecule has 1 aliphatic heterocycles. The molecule has 0 aromatic carbocycles. The molecule has 3 unspecified atom stereocenters. The molecular formula is C17H33NO3. The van der Waals surface area contributed by atoms with Crippen LogP contribution in [0, 0.1) is 16.7 Å². The van der Waals surface area contributed by atoms with Crippen LogP contribution in [-0.4, -0.2) is 46.8 Å². The second-order valence-electron chi connectivity index (χ2n) is 7.82. The van der Waals surface area contributed by atoms with Gasteiger partial charge in [-0.25, -0.2) is 0 Å². The molecule has 0 saturated carbocycles. The Labute approximate surface area is 129 Å². The van der Waals surface area contributed by atoms with Gasteiger partial charge in [0.25, 0.3) is 0 Å². The number of hydrogen-bond donors (Lipinski definition) is 2. The highest BCUT2D eigenvalue weighted by Gasteiger charge is 2.42. The van der Waals surface area contributed by atoms with Crippen LogP contribution in [0.1, 0.15) is 60.3 Å². The van der Waals surface area contributed by atoms with Crippen molar-refractivity contribution in [1.82, 2.24) is 4.90 Å². The predicted octanol–water partition coefficient (Wildman–Crippen LogP) is 3.00. The van der Waals surface area contributed by atoms with E-state index in [9.17, 15) is 15.0 Å². The monoisotopic (exact) mass is 299 g/mol. The zero-order chi connectivity index (χ0) is 16.3. The molecule has 1 fully saturated rings. The quantitative estimate of drug-likeness (QED) is 0.758. The van der Waals surface area contributed by atoms with E-state index in [4.69, 9.17) is 0 Å². The summed E-state index contributed by atoms with van der Waals surface area (Å²) in [4.78, 5) is 13.8. The van der Waals surface area contributed by atoms with E-state index in [0.717, 1.165) is 38.9 Å². The number of carbonyl (C=O) groups is 1. The Bertz CT molecular complexity index is 354. The van der Waals surface area contributed by atoms with E-state index in [-0.39, 0.29) is 11.5 Å². The molecule has 4 nitrogen and oxygen atoms in total. The standard InChI is InChI=1S/C17H33NO3/c1-6-17(5,12-16(3,4)15(20)21)14-8-7-9-18(11-14)10-13(2)19/h13-14,19H,6-12H2,1-5H3,(H,20,21). The molecule has 21 heavy (non-hydrogen) atoms. The molecule has 0 bridgehead atoms. The lowest BCUT2D eigenvalue weighted by molar-refractivity contribution is -0.149. The summed E-state index contributed by atoms with van der Waals surface area (Å²) in [6.45, 7) is 12.7. The summed E-state index contributed by atoms with van der Waals surface area (Å²) in [5.41, 5.74) is -0.642. The molecule has 1 aliphatic rings. The summed E-state index contributed by atoms with van der Waals surface area (Å²) in [7, 11) is 0. The fraction of sp³-hybridized carbons (Fsp3) is 0.941. The van der Waals surface area contributed by atoms with Gasteiger partial charge in [0, 0.05) is 13.1 Å². The van der Waals surface area contributed by atoms with Crippen molar-refractivity contribution in [1.29, 1.82) is 0 Å². The number of likely N-dealkylation sites (tertiary alicyclic amines) is 1. The molecule has 1 heterocycles. The average molecular weight is 299 g/mol. The zero-order valence-electron chi connectivity index (χ0n) is 14.4. The largest absolute Gasteiger partial charge is 0.481 e. The fourth-order valence-corrected chi connectivity index (χ4v) is 3.81. The van der Waals surface area contributed by atoms with Gasteiger partial charge in [-0.05, 0) is 57.9 Å². The number of rotatable bonds is 7. The number of piperidine rings is 1. The highest BCUT2D eigenvalue weighted by molar-refractivity contribution is 5.73. The van der Waals surface area contributed by atoms with Crippen molar-refractivity contribution in [2.24, 2.45) is 16.7 Å². The maximum atomic E-state index is 11.5. The Balaban J connectivity index is 2.79. The summed E-state index contributed by atoms with van der Waals surface area (Å²) in [6.07, 6.45) is 3.71. The first-order valence-corrected chi connectivity index (χ1v) is 8.24. The number of carboxylic acids is 1. The summed E-state index contributed by atoms with van der Waals surface area (Å²) in [6, 6.07) is 0. The molecule has 124 valence electrons. The summed E-state index contributed by atoms with van der Waals surface area (Å²) in [5, 5.41) is 19.0. The molecule has 0 aliphatic carbocycles. The number of aliphatic carboxylic acids is 1. The van der Waals surface area contributed by atoms with Crippen LogP contribution in [0.4, 0.5) is 0 Å². The first-order valence-electron chi connectivity index (χ1n) is 8.24. The molecule has 4 heteroatoms. The third-order valence-corrected chi connectivity index (χ3v) is 5.25.